The van der Waals surface area contributed by atoms with Crippen LogP contribution in [0.15, 0.2) is 30.5 Å². The first-order chi connectivity index (χ1) is 6.33. The minimum atomic E-state index is 0.584. The Balaban J connectivity index is 2.84. The highest BCUT2D eigenvalue weighted by atomic mass is 14.7. The van der Waals surface area contributed by atoms with E-state index in [1.165, 1.54) is 16.3 Å². The molecule has 2 N–H and O–H groups in total. The lowest BCUT2D eigenvalue weighted by Gasteiger charge is -2.04. The summed E-state index contributed by atoms with van der Waals surface area (Å²) in [5, 5.41) is 2.42. The van der Waals surface area contributed by atoms with E-state index in [9.17, 15) is 0 Å². The first kappa shape index (κ1) is 8.20. The van der Waals surface area contributed by atoms with Crippen molar-refractivity contribution in [1.82, 2.24) is 4.98 Å². The van der Waals surface area contributed by atoms with Gasteiger partial charge in [-0.05, 0) is 23.9 Å². The molecule has 0 aliphatic carbocycles. The number of pyridine rings is 1. The van der Waals surface area contributed by atoms with Crippen LogP contribution in [0.25, 0.3) is 10.8 Å². The van der Waals surface area contributed by atoms with Crippen LogP contribution in [0.4, 0.5) is 0 Å². The number of fused-ring (bicyclic) bond motifs is 1. The van der Waals surface area contributed by atoms with Crippen molar-refractivity contribution in [3.63, 3.8) is 0 Å². The Labute approximate surface area is 77.4 Å². The van der Waals surface area contributed by atoms with Crippen molar-refractivity contribution in [3.8, 4) is 0 Å². The first-order valence-corrected chi connectivity index (χ1v) is 4.36. The monoisotopic (exact) mass is 172 g/mol. The van der Waals surface area contributed by atoms with Crippen LogP contribution in [0.1, 0.15) is 11.3 Å². The zero-order valence-electron chi connectivity index (χ0n) is 7.62. The summed E-state index contributed by atoms with van der Waals surface area (Å²) in [6.45, 7) is 2.60. The van der Waals surface area contributed by atoms with Gasteiger partial charge in [0.05, 0.1) is 0 Å². The molecule has 0 aliphatic heterocycles. The number of benzene rings is 1. The van der Waals surface area contributed by atoms with Gasteiger partial charge in [-0.2, -0.15) is 0 Å². The summed E-state index contributed by atoms with van der Waals surface area (Å²) in [5.74, 6) is 0. The third-order valence-corrected chi connectivity index (χ3v) is 2.32. The van der Waals surface area contributed by atoms with Crippen molar-refractivity contribution in [2.75, 3.05) is 0 Å². The zero-order valence-corrected chi connectivity index (χ0v) is 7.62. The van der Waals surface area contributed by atoms with Gasteiger partial charge in [0.2, 0.25) is 0 Å². The van der Waals surface area contributed by atoms with Gasteiger partial charge in [0, 0.05) is 23.8 Å². The molecule has 0 amide bonds. The molecule has 0 bridgehead atoms. The number of aromatic nitrogens is 1. The van der Waals surface area contributed by atoms with Crippen LogP contribution >= 0.6 is 0 Å². The fraction of sp³-hybridized carbons (Fsp3) is 0.182. The van der Waals surface area contributed by atoms with Gasteiger partial charge < -0.3 is 5.73 Å². The molecule has 1 aromatic heterocycles. The lowest BCUT2D eigenvalue weighted by Crippen LogP contribution is -1.97. The van der Waals surface area contributed by atoms with E-state index >= 15 is 0 Å². The number of hydrogen-bond donors (Lipinski definition) is 1. The second kappa shape index (κ2) is 3.15. The summed E-state index contributed by atoms with van der Waals surface area (Å²) in [7, 11) is 0. The van der Waals surface area contributed by atoms with Crippen molar-refractivity contribution in [1.29, 1.82) is 0 Å². The van der Waals surface area contributed by atoms with Crippen molar-refractivity contribution in [2.24, 2.45) is 5.73 Å². The molecule has 66 valence electrons. The van der Waals surface area contributed by atoms with Crippen LogP contribution in [-0.4, -0.2) is 4.98 Å². The summed E-state index contributed by atoms with van der Waals surface area (Å²) in [6, 6.07) is 8.18. The highest BCUT2D eigenvalue weighted by molar-refractivity contribution is 5.87. The molecule has 0 saturated heterocycles. The largest absolute Gasteiger partial charge is 0.326 e. The molecule has 0 unspecified atom stereocenters. The SMILES string of the molecule is Cc1nccc2c(CN)cccc12. The van der Waals surface area contributed by atoms with E-state index < -0.39 is 0 Å². The third-order valence-electron chi connectivity index (χ3n) is 2.32. The summed E-state index contributed by atoms with van der Waals surface area (Å²) in [6.07, 6.45) is 1.83. The molecule has 2 nitrogen and oxygen atoms in total. The van der Waals surface area contributed by atoms with E-state index in [1.807, 2.05) is 25.3 Å². The number of rotatable bonds is 1. The van der Waals surface area contributed by atoms with Gasteiger partial charge in [0.15, 0.2) is 0 Å². The highest BCUT2D eigenvalue weighted by Gasteiger charge is 2.00. The Morgan fingerprint density at radius 3 is 2.85 bits per heavy atom. The maximum atomic E-state index is 5.65. The van der Waals surface area contributed by atoms with Gasteiger partial charge in [-0.1, -0.05) is 18.2 Å². The lowest BCUT2D eigenvalue weighted by atomic mass is 10.0. The van der Waals surface area contributed by atoms with Crippen LogP contribution in [0.3, 0.4) is 0 Å². The Kier molecular flexibility index (Phi) is 1.99. The van der Waals surface area contributed by atoms with Gasteiger partial charge in [-0.3, -0.25) is 4.98 Å². The number of hydrogen-bond acceptors (Lipinski definition) is 2. The molecule has 2 heteroatoms. The predicted molar refractivity (Wildman–Crippen MR) is 54.4 cm³/mol. The Hall–Kier alpha value is -1.41. The van der Waals surface area contributed by atoms with Crippen LogP contribution in [-0.2, 0) is 6.54 Å². The van der Waals surface area contributed by atoms with Crippen molar-refractivity contribution in [3.05, 3.63) is 41.7 Å². The van der Waals surface area contributed by atoms with Crippen LogP contribution in [0.5, 0.6) is 0 Å². The molecule has 13 heavy (non-hydrogen) atoms. The fourth-order valence-corrected chi connectivity index (χ4v) is 1.60. The lowest BCUT2D eigenvalue weighted by molar-refractivity contribution is 1.08. The summed E-state index contributed by atoms with van der Waals surface area (Å²) in [5.41, 5.74) is 7.89. The second-order valence-corrected chi connectivity index (χ2v) is 3.11. The molecule has 0 radical (unpaired) electrons. The number of nitrogens with two attached hydrogens (primary N) is 1. The molecule has 2 aromatic rings. The smallest absolute Gasteiger partial charge is 0.0451 e. The quantitative estimate of drug-likeness (QED) is 0.714. The van der Waals surface area contributed by atoms with Crippen molar-refractivity contribution < 1.29 is 0 Å². The molecule has 0 aliphatic rings. The molecule has 0 atom stereocenters. The molecule has 1 aromatic carbocycles. The van der Waals surface area contributed by atoms with Crippen molar-refractivity contribution in [2.45, 2.75) is 13.5 Å². The fourth-order valence-electron chi connectivity index (χ4n) is 1.60. The Morgan fingerprint density at radius 2 is 2.08 bits per heavy atom. The molecular formula is C11H12N2. The third kappa shape index (κ3) is 1.29. The summed E-state index contributed by atoms with van der Waals surface area (Å²) < 4.78 is 0. The molecule has 0 fully saturated rings. The normalized spacial score (nSPS) is 10.6. The summed E-state index contributed by atoms with van der Waals surface area (Å²) >= 11 is 0. The van der Waals surface area contributed by atoms with E-state index in [0.717, 1.165) is 5.69 Å². The van der Waals surface area contributed by atoms with E-state index in [2.05, 4.69) is 17.1 Å². The second-order valence-electron chi connectivity index (χ2n) is 3.11. The van der Waals surface area contributed by atoms with Crippen LogP contribution < -0.4 is 5.73 Å². The van der Waals surface area contributed by atoms with Gasteiger partial charge >= 0.3 is 0 Å². The molecule has 0 saturated carbocycles. The minimum Gasteiger partial charge on any atom is -0.326 e. The first-order valence-electron chi connectivity index (χ1n) is 4.36. The topological polar surface area (TPSA) is 38.9 Å². The van der Waals surface area contributed by atoms with Gasteiger partial charge in [-0.25, -0.2) is 0 Å². The van der Waals surface area contributed by atoms with Gasteiger partial charge in [-0.15, -0.1) is 0 Å². The van der Waals surface area contributed by atoms with Gasteiger partial charge in [0.25, 0.3) is 0 Å². The van der Waals surface area contributed by atoms with Crippen LogP contribution in [0.2, 0.25) is 0 Å². The molecule has 1 heterocycles. The summed E-state index contributed by atoms with van der Waals surface area (Å²) in [4.78, 5) is 4.24. The number of nitrogens with zero attached hydrogens (tertiary/aromatic N) is 1. The van der Waals surface area contributed by atoms with E-state index in [-0.39, 0.29) is 0 Å². The standard InChI is InChI=1S/C11H12N2/c1-8-10-4-2-3-9(7-12)11(10)5-6-13-8/h2-6H,7,12H2,1H3. The maximum absolute atomic E-state index is 5.65. The van der Waals surface area contributed by atoms with Gasteiger partial charge in [0.1, 0.15) is 0 Å². The van der Waals surface area contributed by atoms with Crippen LogP contribution in [0, 0.1) is 6.92 Å². The zero-order chi connectivity index (χ0) is 9.26. The number of aryl methyl sites for hydroxylation is 1. The predicted octanol–water partition coefficient (Wildman–Crippen LogP) is 2.00. The maximum Gasteiger partial charge on any atom is 0.0451 e. The van der Waals surface area contributed by atoms with Crippen molar-refractivity contribution >= 4 is 10.8 Å². The molecule has 0 spiro atoms. The minimum absolute atomic E-state index is 0.584. The molecule has 2 rings (SSSR count). The van der Waals surface area contributed by atoms with E-state index in [0.29, 0.717) is 6.54 Å². The Bertz CT molecular complexity index is 435. The molecular weight excluding hydrogens is 160 g/mol. The van der Waals surface area contributed by atoms with E-state index in [4.69, 9.17) is 5.73 Å². The highest BCUT2D eigenvalue weighted by Crippen LogP contribution is 2.19. The average Bonchev–Trinajstić information content (AvgIpc) is 2.18. The van der Waals surface area contributed by atoms with E-state index in [1.54, 1.807) is 0 Å². The Morgan fingerprint density at radius 1 is 1.23 bits per heavy atom. The average molecular weight is 172 g/mol.